The Morgan fingerprint density at radius 1 is 0.286 bits per heavy atom. The molecular formula is C82H46N6O3. The SMILES string of the molecule is [C-]#[N+]c1cc(-c2nc(-c3ccccc3)nc(-c3cccc4c3oc3ccccc34)n2)c(-c2ccccc2)c(-n2c3ccc(-c4ccccc4)cc3c3c4oc5ccccc5c4ccc32)c1-n1c2ccc(-c3ccccc3)cc2c2c3oc4ccccc4c3ccc21. The third-order valence-corrected chi connectivity index (χ3v) is 18.2. The molecule has 0 bridgehead atoms. The topological polar surface area (TPSA) is 92.3 Å². The van der Waals surface area contributed by atoms with Crippen molar-refractivity contribution in [3.05, 3.63) is 290 Å². The number of fused-ring (bicyclic) bond motifs is 17. The van der Waals surface area contributed by atoms with E-state index in [4.69, 9.17) is 33.0 Å². The molecule has 0 atom stereocenters. The molecule has 6 heterocycles. The molecule has 19 rings (SSSR count). The predicted octanol–water partition coefficient (Wildman–Crippen LogP) is 22.3. The van der Waals surface area contributed by atoms with E-state index in [2.05, 4.69) is 179 Å². The van der Waals surface area contributed by atoms with Crippen molar-refractivity contribution in [2.75, 3.05) is 0 Å². The molecule has 0 aliphatic carbocycles. The van der Waals surface area contributed by atoms with Gasteiger partial charge in [0.05, 0.1) is 56.3 Å². The summed E-state index contributed by atoms with van der Waals surface area (Å²) in [6.07, 6.45) is 0. The summed E-state index contributed by atoms with van der Waals surface area (Å²) in [4.78, 5) is 21.1. The first kappa shape index (κ1) is 50.5. The highest BCUT2D eigenvalue weighted by Gasteiger charge is 2.32. The van der Waals surface area contributed by atoms with Gasteiger partial charge in [-0.3, -0.25) is 0 Å². The number of rotatable bonds is 8. The molecule has 9 heteroatoms. The highest BCUT2D eigenvalue weighted by Crippen LogP contribution is 2.53. The summed E-state index contributed by atoms with van der Waals surface area (Å²) in [5.74, 6) is 1.26. The Bertz CT molecular complexity index is 6270. The molecule has 0 saturated carbocycles. The van der Waals surface area contributed by atoms with Crippen molar-refractivity contribution in [1.29, 1.82) is 0 Å². The number of nitrogens with zero attached hydrogens (tertiary/aromatic N) is 6. The summed E-state index contributed by atoms with van der Waals surface area (Å²) in [6.45, 7) is 9.73. The molecule has 0 unspecified atom stereocenters. The number of furan rings is 3. The number of hydrogen-bond acceptors (Lipinski definition) is 6. The summed E-state index contributed by atoms with van der Waals surface area (Å²) in [6, 6.07) is 96.4. The maximum Gasteiger partial charge on any atom is 0.213 e. The van der Waals surface area contributed by atoms with Crippen LogP contribution in [0.4, 0.5) is 5.69 Å². The largest absolute Gasteiger partial charge is 0.455 e. The third-order valence-electron chi connectivity index (χ3n) is 18.2. The average molecular weight is 1160 g/mol. The smallest absolute Gasteiger partial charge is 0.213 e. The van der Waals surface area contributed by atoms with Crippen LogP contribution in [-0.2, 0) is 0 Å². The van der Waals surface area contributed by atoms with Gasteiger partial charge in [-0.05, 0) is 107 Å². The van der Waals surface area contributed by atoms with Gasteiger partial charge in [-0.2, -0.15) is 0 Å². The van der Waals surface area contributed by atoms with Crippen LogP contribution >= 0.6 is 0 Å². The van der Waals surface area contributed by atoms with Gasteiger partial charge in [-0.15, -0.1) is 0 Å². The molecule has 91 heavy (non-hydrogen) atoms. The van der Waals surface area contributed by atoms with E-state index < -0.39 is 0 Å². The zero-order valence-electron chi connectivity index (χ0n) is 48.5. The van der Waals surface area contributed by atoms with Gasteiger partial charge in [0.25, 0.3) is 0 Å². The zero-order valence-corrected chi connectivity index (χ0v) is 48.5. The number of para-hydroxylation sites is 4. The van der Waals surface area contributed by atoms with E-state index in [0.29, 0.717) is 45.6 Å². The Hall–Kier alpha value is -12.6. The van der Waals surface area contributed by atoms with Gasteiger partial charge in [0.15, 0.2) is 17.5 Å². The third kappa shape index (κ3) is 7.60. The summed E-state index contributed by atoms with van der Waals surface area (Å²) in [5, 5.41) is 9.82. The van der Waals surface area contributed by atoms with Crippen molar-refractivity contribution in [2.24, 2.45) is 0 Å². The minimum Gasteiger partial charge on any atom is -0.455 e. The molecule has 6 aromatic heterocycles. The van der Waals surface area contributed by atoms with Gasteiger partial charge < -0.3 is 22.4 Å². The molecule has 13 aromatic carbocycles. The predicted molar refractivity (Wildman–Crippen MR) is 369 cm³/mol. The zero-order chi connectivity index (χ0) is 59.8. The first-order chi connectivity index (χ1) is 45.1. The Kier molecular flexibility index (Phi) is 10.9. The molecule has 0 fully saturated rings. The number of benzene rings is 13. The normalized spacial score (nSPS) is 11.9. The Labute approximate surface area is 519 Å². The van der Waals surface area contributed by atoms with Crippen molar-refractivity contribution in [1.82, 2.24) is 24.1 Å². The Morgan fingerprint density at radius 3 is 1.21 bits per heavy atom. The van der Waals surface area contributed by atoms with Gasteiger partial charge in [0, 0.05) is 59.8 Å². The van der Waals surface area contributed by atoms with Gasteiger partial charge in [0.2, 0.25) is 5.69 Å². The number of hydrogen-bond donors (Lipinski definition) is 0. The quantitative estimate of drug-likeness (QED) is 0.141. The van der Waals surface area contributed by atoms with E-state index in [0.717, 1.165) is 148 Å². The van der Waals surface area contributed by atoms with Crippen molar-refractivity contribution < 1.29 is 13.3 Å². The lowest BCUT2D eigenvalue weighted by atomic mass is 9.93. The fourth-order valence-electron chi connectivity index (χ4n) is 14.2. The minimum atomic E-state index is 0.364. The van der Waals surface area contributed by atoms with Crippen LogP contribution in [0.3, 0.4) is 0 Å². The second-order valence-electron chi connectivity index (χ2n) is 23.2. The summed E-state index contributed by atoms with van der Waals surface area (Å²) >= 11 is 0. The van der Waals surface area contributed by atoms with Gasteiger partial charge in [-0.25, -0.2) is 19.8 Å². The molecule has 0 N–H and O–H groups in total. The van der Waals surface area contributed by atoms with Crippen LogP contribution in [0.25, 0.3) is 193 Å². The lowest BCUT2D eigenvalue weighted by molar-refractivity contribution is 0.669. The van der Waals surface area contributed by atoms with E-state index in [1.807, 2.05) is 109 Å². The van der Waals surface area contributed by atoms with Crippen molar-refractivity contribution >= 4 is 115 Å². The molecule has 9 nitrogen and oxygen atoms in total. The molecule has 422 valence electrons. The maximum atomic E-state index is 9.73. The monoisotopic (exact) mass is 1160 g/mol. The number of aromatic nitrogens is 5. The Morgan fingerprint density at radius 2 is 0.692 bits per heavy atom. The lowest BCUT2D eigenvalue weighted by Crippen LogP contribution is -2.09. The summed E-state index contributed by atoms with van der Waals surface area (Å²) < 4.78 is 25.6. The van der Waals surface area contributed by atoms with E-state index in [-0.39, 0.29) is 0 Å². The molecule has 0 amide bonds. The van der Waals surface area contributed by atoms with Gasteiger partial charge in [-0.1, -0.05) is 200 Å². The highest BCUT2D eigenvalue weighted by molar-refractivity contribution is 6.27. The molecule has 0 radical (unpaired) electrons. The minimum absolute atomic E-state index is 0.364. The van der Waals surface area contributed by atoms with Crippen LogP contribution in [-0.4, -0.2) is 24.1 Å². The van der Waals surface area contributed by atoms with Crippen LogP contribution in [0, 0.1) is 6.57 Å². The summed E-state index contributed by atoms with van der Waals surface area (Å²) in [5.41, 5.74) is 17.9. The van der Waals surface area contributed by atoms with Crippen LogP contribution < -0.4 is 0 Å². The second-order valence-corrected chi connectivity index (χ2v) is 23.2. The lowest BCUT2D eigenvalue weighted by Gasteiger charge is -2.25. The molecule has 0 saturated heterocycles. The summed E-state index contributed by atoms with van der Waals surface area (Å²) in [7, 11) is 0. The maximum absolute atomic E-state index is 9.73. The average Bonchev–Trinajstić information content (AvgIpc) is 1.58. The first-order valence-corrected chi connectivity index (χ1v) is 30.3. The van der Waals surface area contributed by atoms with Gasteiger partial charge >= 0.3 is 0 Å². The molecule has 19 aromatic rings. The molecular weight excluding hydrogens is 1120 g/mol. The first-order valence-electron chi connectivity index (χ1n) is 30.3. The highest BCUT2D eigenvalue weighted by atomic mass is 16.3. The van der Waals surface area contributed by atoms with E-state index >= 15 is 0 Å². The van der Waals surface area contributed by atoms with E-state index in [1.165, 1.54) is 0 Å². The standard InChI is InChI=1S/C82H46N6O3/c1-83-64-47-63(82-85-80(51-27-12-5-13-28-51)84-81(86-82)60-33-20-32-57-54-29-14-17-34-69(54)89-77(57)60)72(50-25-10-4-11-26-50)76(88-66-42-38-53(49-23-8-3-9-24-49)46-62(66)74-68(88)44-40-59-56-31-16-19-36-71(56)91-79(59)74)75(64)87-65-41-37-52(48-21-6-2-7-22-48)45-61(65)73-67(87)43-39-58-55-30-15-18-35-70(55)90-78(58)73/h2-47H. The molecule has 0 aliphatic rings. The van der Waals surface area contributed by atoms with Crippen molar-refractivity contribution in [3.63, 3.8) is 0 Å². The van der Waals surface area contributed by atoms with E-state index in [1.54, 1.807) is 0 Å². The fourth-order valence-corrected chi connectivity index (χ4v) is 14.2. The van der Waals surface area contributed by atoms with Crippen molar-refractivity contribution in [3.8, 4) is 78.9 Å². The van der Waals surface area contributed by atoms with Crippen LogP contribution in [0.5, 0.6) is 0 Å². The van der Waals surface area contributed by atoms with Crippen LogP contribution in [0.15, 0.2) is 292 Å². The van der Waals surface area contributed by atoms with Crippen LogP contribution in [0.2, 0.25) is 0 Å². The van der Waals surface area contributed by atoms with Gasteiger partial charge in [0.1, 0.15) is 33.5 Å². The van der Waals surface area contributed by atoms with E-state index in [9.17, 15) is 6.57 Å². The molecule has 0 spiro atoms. The second kappa shape index (κ2) is 19.7. The Balaban J connectivity index is 1.02. The van der Waals surface area contributed by atoms with Crippen molar-refractivity contribution in [2.45, 2.75) is 0 Å². The molecule has 0 aliphatic heterocycles. The fraction of sp³-hybridized carbons (Fsp3) is 0. The van der Waals surface area contributed by atoms with Crippen LogP contribution in [0.1, 0.15) is 0 Å².